The molecule has 0 radical (unpaired) electrons. The van der Waals surface area contributed by atoms with Crippen LogP contribution in [0.25, 0.3) is 0 Å². The molecular formula is C18H18N10O5S3. The van der Waals surface area contributed by atoms with E-state index in [1.54, 1.807) is 0 Å². The number of nitrogens with one attached hydrogen (secondary N) is 2. The molecule has 36 heavy (non-hydrogen) atoms. The van der Waals surface area contributed by atoms with E-state index in [0.29, 0.717) is 22.3 Å². The van der Waals surface area contributed by atoms with Gasteiger partial charge >= 0.3 is 5.97 Å². The normalized spacial score (nSPS) is 21.3. The second kappa shape index (κ2) is 9.96. The van der Waals surface area contributed by atoms with Gasteiger partial charge in [0.1, 0.15) is 17.6 Å². The number of hydrogen-bond donors (Lipinski definition) is 3. The maximum absolute atomic E-state index is 13.2. The fourth-order valence-electron chi connectivity index (χ4n) is 3.81. The number of methoxy groups -OCH3 is 1. The monoisotopic (exact) mass is 550 g/mol. The number of β-lactam (4-membered cyclic amide) rings is 1. The van der Waals surface area contributed by atoms with Crippen molar-refractivity contribution in [2.24, 2.45) is 0 Å². The Labute approximate surface area is 215 Å². The number of thioether (sulfide) groups is 2. The van der Waals surface area contributed by atoms with Crippen molar-refractivity contribution in [3.8, 4) is 0 Å². The molecule has 2 aliphatic rings. The molecule has 2 unspecified atom stereocenters. The lowest BCUT2D eigenvalue weighted by Gasteiger charge is -2.55. The predicted molar refractivity (Wildman–Crippen MR) is 125 cm³/mol. The summed E-state index contributed by atoms with van der Waals surface area (Å²) in [4.78, 5) is 40.1. The molecule has 1 saturated heterocycles. The molecule has 1 fully saturated rings. The zero-order chi connectivity index (χ0) is 25.3. The van der Waals surface area contributed by atoms with Gasteiger partial charge in [0.25, 0.3) is 11.6 Å². The number of aromatic nitrogens is 8. The highest BCUT2D eigenvalue weighted by molar-refractivity contribution is 8.01. The molecule has 2 aliphatic heterocycles. The molecule has 0 aromatic carbocycles. The molecule has 0 saturated carbocycles. The Morgan fingerprint density at radius 3 is 2.97 bits per heavy atom. The average Bonchev–Trinajstić information content (AvgIpc) is 3.65. The topological polar surface area (TPSA) is 194 Å². The number of carboxylic acids is 1. The van der Waals surface area contributed by atoms with Crippen molar-refractivity contribution in [1.82, 2.24) is 51.0 Å². The lowest BCUT2D eigenvalue weighted by molar-refractivity contribution is -0.192. The predicted octanol–water partition coefficient (Wildman–Crippen LogP) is -0.656. The van der Waals surface area contributed by atoms with E-state index in [4.69, 9.17) is 4.74 Å². The van der Waals surface area contributed by atoms with Crippen LogP contribution >= 0.6 is 34.9 Å². The van der Waals surface area contributed by atoms with Gasteiger partial charge in [0.2, 0.25) is 11.1 Å². The van der Waals surface area contributed by atoms with E-state index < -0.39 is 23.0 Å². The standard InChI is InChI=1S/C18H18N10O5S3/c1-33-18(19-12(29)5-10-3-2-4-34-10)15(32)28-13(14(30)31)9(7-35-16(18)28)8-36-17-22-25-26-27(17)6-11-20-23-24-21-11/h2-4,16H,5-8H2,1H3,(H,19,29)(H,30,31)(H,20,21,23,24). The number of aliphatic carboxylic acids is 1. The van der Waals surface area contributed by atoms with E-state index in [1.165, 1.54) is 51.6 Å². The first-order valence-corrected chi connectivity index (χ1v) is 13.2. The van der Waals surface area contributed by atoms with Gasteiger partial charge in [-0.3, -0.25) is 14.5 Å². The number of aromatic amines is 1. The fourth-order valence-corrected chi connectivity index (χ4v) is 6.97. The zero-order valence-electron chi connectivity index (χ0n) is 18.5. The van der Waals surface area contributed by atoms with E-state index in [-0.39, 0.29) is 30.3 Å². The molecular weight excluding hydrogens is 532 g/mol. The first-order chi connectivity index (χ1) is 17.4. The fraction of sp³-hybridized carbons (Fsp3) is 0.389. The number of tetrazole rings is 2. The van der Waals surface area contributed by atoms with Crippen LogP contribution in [0.2, 0.25) is 0 Å². The highest BCUT2D eigenvalue weighted by Crippen LogP contribution is 2.47. The van der Waals surface area contributed by atoms with E-state index in [9.17, 15) is 19.5 Å². The Morgan fingerprint density at radius 1 is 1.42 bits per heavy atom. The van der Waals surface area contributed by atoms with Crippen molar-refractivity contribution in [2.75, 3.05) is 18.6 Å². The molecule has 0 spiro atoms. The molecule has 188 valence electrons. The number of amides is 2. The zero-order valence-corrected chi connectivity index (χ0v) is 21.0. The summed E-state index contributed by atoms with van der Waals surface area (Å²) in [5.41, 5.74) is -1.24. The Balaban J connectivity index is 1.31. The van der Waals surface area contributed by atoms with Gasteiger partial charge in [-0.15, -0.1) is 38.4 Å². The van der Waals surface area contributed by atoms with E-state index in [2.05, 4.69) is 41.5 Å². The SMILES string of the molecule is COC1(NC(=O)Cc2cccs2)C(=O)N2C(C(=O)O)=C(CSc3nnnn3Cc3nn[nH]n3)CSC21. The lowest BCUT2D eigenvalue weighted by atomic mass is 9.98. The molecule has 0 aliphatic carbocycles. The van der Waals surface area contributed by atoms with Gasteiger partial charge in [-0.05, 0) is 27.4 Å². The number of carbonyl (C=O) groups excluding carboxylic acids is 2. The smallest absolute Gasteiger partial charge is 0.352 e. The second-order valence-electron chi connectivity index (χ2n) is 7.58. The van der Waals surface area contributed by atoms with Crippen LogP contribution in [-0.4, -0.2) is 98.3 Å². The molecule has 5 heterocycles. The quantitative estimate of drug-likeness (QED) is 0.164. The lowest BCUT2D eigenvalue weighted by Crippen LogP contribution is -2.80. The molecule has 5 rings (SSSR count). The minimum Gasteiger partial charge on any atom is -0.477 e. The minimum absolute atomic E-state index is 0.0928. The highest BCUT2D eigenvalue weighted by Gasteiger charge is 2.66. The Bertz CT molecular complexity index is 1310. The van der Waals surface area contributed by atoms with Crippen LogP contribution in [0.4, 0.5) is 0 Å². The highest BCUT2D eigenvalue weighted by atomic mass is 32.2. The van der Waals surface area contributed by atoms with Gasteiger partial charge in [-0.1, -0.05) is 23.0 Å². The summed E-state index contributed by atoms with van der Waals surface area (Å²) in [6.07, 6.45) is 0.0928. The van der Waals surface area contributed by atoms with Crippen LogP contribution in [0.15, 0.2) is 33.9 Å². The van der Waals surface area contributed by atoms with Gasteiger partial charge in [0, 0.05) is 23.5 Å². The Kier molecular flexibility index (Phi) is 6.73. The first kappa shape index (κ1) is 24.3. The first-order valence-electron chi connectivity index (χ1n) is 10.3. The number of H-pyrrole nitrogens is 1. The van der Waals surface area contributed by atoms with Crippen molar-refractivity contribution in [3.63, 3.8) is 0 Å². The van der Waals surface area contributed by atoms with Crippen LogP contribution in [0.1, 0.15) is 10.7 Å². The van der Waals surface area contributed by atoms with Crippen molar-refractivity contribution < 1.29 is 24.2 Å². The van der Waals surface area contributed by atoms with Crippen molar-refractivity contribution in [1.29, 1.82) is 0 Å². The summed E-state index contributed by atoms with van der Waals surface area (Å²) in [5.74, 6) is -1.35. The number of ether oxygens (including phenoxy) is 1. The third-order valence-corrected chi connectivity index (χ3v) is 8.72. The van der Waals surface area contributed by atoms with Gasteiger partial charge in [0.15, 0.2) is 5.82 Å². The number of hydrogen-bond acceptors (Lipinski definition) is 13. The summed E-state index contributed by atoms with van der Waals surface area (Å²) in [6, 6.07) is 3.65. The van der Waals surface area contributed by atoms with Crippen LogP contribution in [0.5, 0.6) is 0 Å². The molecule has 2 amide bonds. The number of thiophene rings is 1. The minimum atomic E-state index is -1.63. The van der Waals surface area contributed by atoms with Gasteiger partial charge < -0.3 is 15.2 Å². The summed E-state index contributed by atoms with van der Waals surface area (Å²) in [5, 5.41) is 39.3. The molecule has 18 heteroatoms. The van der Waals surface area contributed by atoms with E-state index in [1.807, 2.05) is 17.5 Å². The van der Waals surface area contributed by atoms with Crippen LogP contribution in [0.3, 0.4) is 0 Å². The maximum atomic E-state index is 13.2. The molecule has 3 aromatic rings. The van der Waals surface area contributed by atoms with Crippen molar-refractivity contribution >= 4 is 52.6 Å². The van der Waals surface area contributed by atoms with Crippen LogP contribution < -0.4 is 5.32 Å². The third-order valence-electron chi connectivity index (χ3n) is 5.43. The van der Waals surface area contributed by atoms with Gasteiger partial charge in [-0.2, -0.15) is 5.21 Å². The van der Waals surface area contributed by atoms with Crippen molar-refractivity contribution in [2.45, 2.75) is 29.2 Å². The van der Waals surface area contributed by atoms with Crippen LogP contribution in [0, 0.1) is 0 Å². The van der Waals surface area contributed by atoms with E-state index in [0.717, 1.165) is 4.88 Å². The van der Waals surface area contributed by atoms with Crippen molar-refractivity contribution in [3.05, 3.63) is 39.5 Å². The van der Waals surface area contributed by atoms with Gasteiger partial charge in [-0.25, -0.2) is 9.48 Å². The Hall–Kier alpha value is -3.35. The van der Waals surface area contributed by atoms with Crippen LogP contribution in [-0.2, 0) is 32.1 Å². The Morgan fingerprint density at radius 2 is 2.28 bits per heavy atom. The molecule has 2 atom stereocenters. The third kappa shape index (κ3) is 4.36. The average molecular weight is 551 g/mol. The number of carboxylic acid groups (broad SMARTS) is 1. The number of rotatable bonds is 10. The molecule has 0 bridgehead atoms. The summed E-state index contributed by atoms with van der Waals surface area (Å²) < 4.78 is 6.94. The maximum Gasteiger partial charge on any atom is 0.352 e. The van der Waals surface area contributed by atoms with E-state index >= 15 is 0 Å². The number of fused-ring (bicyclic) bond motifs is 1. The summed E-state index contributed by atoms with van der Waals surface area (Å²) in [7, 11) is 1.32. The number of carbonyl (C=O) groups is 3. The molecule has 3 N–H and O–H groups in total. The summed E-state index contributed by atoms with van der Waals surface area (Å²) in [6.45, 7) is 0.180. The molecule has 15 nitrogen and oxygen atoms in total. The summed E-state index contributed by atoms with van der Waals surface area (Å²) >= 11 is 3.96. The largest absolute Gasteiger partial charge is 0.477 e. The number of nitrogens with zero attached hydrogens (tertiary/aromatic N) is 8. The molecule has 3 aromatic heterocycles. The second-order valence-corrected chi connectivity index (χ2v) is 10.6. The van der Waals surface area contributed by atoms with Gasteiger partial charge in [0.05, 0.1) is 6.42 Å².